The second kappa shape index (κ2) is 4.16. The summed E-state index contributed by atoms with van der Waals surface area (Å²) in [5, 5.41) is 3.82. The van der Waals surface area contributed by atoms with E-state index in [1.807, 2.05) is 0 Å². The zero-order valence-electron chi connectivity index (χ0n) is 7.38. The first kappa shape index (κ1) is 10.4. The van der Waals surface area contributed by atoms with Crippen molar-refractivity contribution in [2.75, 3.05) is 0 Å². The van der Waals surface area contributed by atoms with Crippen molar-refractivity contribution in [2.45, 2.75) is 5.88 Å². The lowest BCUT2D eigenvalue weighted by Crippen LogP contribution is -1.88. The maximum Gasteiger partial charge on any atom is 0.241 e. The molecule has 1 aromatic heterocycles. The standard InChI is InChI=1S/C9H5Cl2FN2O/c10-4-7-13-9(14-15-7)8-5(11)2-1-3-6(8)12/h1-3H,4H2. The number of alkyl halides is 1. The average molecular weight is 247 g/mol. The molecular weight excluding hydrogens is 242 g/mol. The van der Waals surface area contributed by atoms with Crippen LogP contribution in [0.2, 0.25) is 5.02 Å². The van der Waals surface area contributed by atoms with Crippen molar-refractivity contribution < 1.29 is 8.91 Å². The van der Waals surface area contributed by atoms with Crippen LogP contribution in [0.1, 0.15) is 5.89 Å². The quantitative estimate of drug-likeness (QED) is 0.764. The number of aromatic nitrogens is 2. The molecule has 1 aromatic carbocycles. The Morgan fingerprint density at radius 2 is 2.20 bits per heavy atom. The van der Waals surface area contributed by atoms with Crippen LogP contribution in [0.5, 0.6) is 0 Å². The molecule has 0 fully saturated rings. The van der Waals surface area contributed by atoms with E-state index >= 15 is 0 Å². The average Bonchev–Trinajstić information content (AvgIpc) is 2.66. The van der Waals surface area contributed by atoms with Gasteiger partial charge >= 0.3 is 0 Å². The summed E-state index contributed by atoms with van der Waals surface area (Å²) in [7, 11) is 0. The first-order chi connectivity index (χ1) is 7.22. The van der Waals surface area contributed by atoms with Crippen molar-refractivity contribution in [2.24, 2.45) is 0 Å². The molecule has 0 saturated heterocycles. The first-order valence-electron chi connectivity index (χ1n) is 4.05. The van der Waals surface area contributed by atoms with Crippen LogP contribution in [-0.2, 0) is 5.88 Å². The molecule has 0 radical (unpaired) electrons. The SMILES string of the molecule is Fc1cccc(Cl)c1-c1noc(CCl)n1. The normalized spacial score (nSPS) is 10.6. The highest BCUT2D eigenvalue weighted by Crippen LogP contribution is 2.28. The molecule has 0 spiro atoms. The van der Waals surface area contributed by atoms with E-state index in [1.165, 1.54) is 12.1 Å². The zero-order chi connectivity index (χ0) is 10.8. The molecule has 1 heterocycles. The fraction of sp³-hybridized carbons (Fsp3) is 0.111. The fourth-order valence-electron chi connectivity index (χ4n) is 1.12. The number of nitrogens with zero attached hydrogens (tertiary/aromatic N) is 2. The highest BCUT2D eigenvalue weighted by molar-refractivity contribution is 6.33. The molecule has 0 atom stereocenters. The van der Waals surface area contributed by atoms with E-state index in [-0.39, 0.29) is 28.2 Å². The Balaban J connectivity index is 2.53. The Kier molecular flexibility index (Phi) is 2.88. The van der Waals surface area contributed by atoms with Gasteiger partial charge < -0.3 is 4.52 Å². The van der Waals surface area contributed by atoms with Crippen LogP contribution in [0.15, 0.2) is 22.7 Å². The smallest absolute Gasteiger partial charge is 0.241 e. The number of hydrogen-bond acceptors (Lipinski definition) is 3. The van der Waals surface area contributed by atoms with Gasteiger partial charge in [0.05, 0.1) is 10.6 Å². The number of rotatable bonds is 2. The summed E-state index contributed by atoms with van der Waals surface area (Å²) in [6.45, 7) is 0. The van der Waals surface area contributed by atoms with Gasteiger partial charge in [-0.3, -0.25) is 0 Å². The second-order valence-corrected chi connectivity index (χ2v) is 3.42. The topological polar surface area (TPSA) is 38.9 Å². The van der Waals surface area contributed by atoms with Gasteiger partial charge in [-0.05, 0) is 12.1 Å². The van der Waals surface area contributed by atoms with Gasteiger partial charge in [-0.1, -0.05) is 22.8 Å². The molecule has 2 aromatic rings. The summed E-state index contributed by atoms with van der Waals surface area (Å²) in [5.74, 6) is -0.0804. The van der Waals surface area contributed by atoms with E-state index in [4.69, 9.17) is 27.7 Å². The van der Waals surface area contributed by atoms with E-state index in [2.05, 4.69) is 10.1 Å². The Morgan fingerprint density at radius 3 is 2.80 bits per heavy atom. The van der Waals surface area contributed by atoms with Crippen molar-refractivity contribution in [3.8, 4) is 11.4 Å². The molecule has 0 aliphatic heterocycles. The number of halogens is 3. The molecule has 6 heteroatoms. The number of hydrogen-bond donors (Lipinski definition) is 0. The minimum atomic E-state index is -0.496. The van der Waals surface area contributed by atoms with Crippen LogP contribution in [-0.4, -0.2) is 10.1 Å². The monoisotopic (exact) mass is 246 g/mol. The van der Waals surface area contributed by atoms with E-state index in [0.29, 0.717) is 0 Å². The zero-order valence-corrected chi connectivity index (χ0v) is 8.89. The molecule has 0 aliphatic rings. The molecule has 0 amide bonds. The summed E-state index contributed by atoms with van der Waals surface area (Å²) >= 11 is 11.3. The third-order valence-electron chi connectivity index (χ3n) is 1.77. The van der Waals surface area contributed by atoms with Gasteiger partial charge in [-0.15, -0.1) is 11.6 Å². The molecule has 2 rings (SSSR count). The predicted octanol–water partition coefficient (Wildman–Crippen LogP) is 3.27. The van der Waals surface area contributed by atoms with Crippen molar-refractivity contribution >= 4 is 23.2 Å². The summed E-state index contributed by atoms with van der Waals surface area (Å²) in [6, 6.07) is 4.33. The lowest BCUT2D eigenvalue weighted by Gasteiger charge is -1.98. The van der Waals surface area contributed by atoms with Crippen LogP contribution < -0.4 is 0 Å². The molecule has 0 saturated carbocycles. The first-order valence-corrected chi connectivity index (χ1v) is 4.96. The summed E-state index contributed by atoms with van der Waals surface area (Å²) < 4.78 is 18.2. The maximum atomic E-state index is 13.4. The van der Waals surface area contributed by atoms with Crippen molar-refractivity contribution in [3.63, 3.8) is 0 Å². The molecule has 15 heavy (non-hydrogen) atoms. The summed E-state index contributed by atoms with van der Waals surface area (Å²) in [4.78, 5) is 3.89. The van der Waals surface area contributed by atoms with Crippen molar-refractivity contribution in [1.29, 1.82) is 0 Å². The molecule has 78 valence electrons. The third-order valence-corrected chi connectivity index (χ3v) is 2.31. The Morgan fingerprint density at radius 1 is 1.40 bits per heavy atom. The maximum absolute atomic E-state index is 13.4. The molecule has 0 bridgehead atoms. The van der Waals surface area contributed by atoms with Gasteiger partial charge in [0, 0.05) is 0 Å². The minimum Gasteiger partial charge on any atom is -0.338 e. The number of benzene rings is 1. The third kappa shape index (κ3) is 1.96. The van der Waals surface area contributed by atoms with Crippen LogP contribution >= 0.6 is 23.2 Å². The van der Waals surface area contributed by atoms with Crippen LogP contribution in [0.3, 0.4) is 0 Å². The lowest BCUT2D eigenvalue weighted by atomic mass is 10.2. The fourth-order valence-corrected chi connectivity index (χ4v) is 1.48. The van der Waals surface area contributed by atoms with E-state index in [0.717, 1.165) is 0 Å². The van der Waals surface area contributed by atoms with Crippen molar-refractivity contribution in [1.82, 2.24) is 10.1 Å². The lowest BCUT2D eigenvalue weighted by molar-refractivity contribution is 0.390. The molecule has 0 unspecified atom stereocenters. The minimum absolute atomic E-state index is 0.0824. The highest BCUT2D eigenvalue weighted by atomic mass is 35.5. The van der Waals surface area contributed by atoms with Gasteiger partial charge in [-0.2, -0.15) is 4.98 Å². The molecule has 0 aliphatic carbocycles. The highest BCUT2D eigenvalue weighted by Gasteiger charge is 2.15. The van der Waals surface area contributed by atoms with Crippen LogP contribution in [0.25, 0.3) is 11.4 Å². The Hall–Kier alpha value is -1.13. The Bertz CT molecular complexity index is 466. The van der Waals surface area contributed by atoms with Gasteiger partial charge in [0.1, 0.15) is 11.7 Å². The van der Waals surface area contributed by atoms with Gasteiger partial charge in [0.2, 0.25) is 11.7 Å². The summed E-state index contributed by atoms with van der Waals surface area (Å²) in [6.07, 6.45) is 0. The predicted molar refractivity (Wildman–Crippen MR) is 54.3 cm³/mol. The van der Waals surface area contributed by atoms with Crippen LogP contribution in [0, 0.1) is 5.82 Å². The van der Waals surface area contributed by atoms with Crippen molar-refractivity contribution in [3.05, 3.63) is 34.9 Å². The van der Waals surface area contributed by atoms with Gasteiger partial charge in [0.25, 0.3) is 0 Å². The van der Waals surface area contributed by atoms with Gasteiger partial charge in [0.15, 0.2) is 0 Å². The molecule has 0 N–H and O–H groups in total. The largest absolute Gasteiger partial charge is 0.338 e. The van der Waals surface area contributed by atoms with E-state index in [1.54, 1.807) is 6.07 Å². The van der Waals surface area contributed by atoms with E-state index < -0.39 is 5.82 Å². The van der Waals surface area contributed by atoms with Crippen LogP contribution in [0.4, 0.5) is 4.39 Å². The summed E-state index contributed by atoms with van der Waals surface area (Å²) in [5.41, 5.74) is 0.124. The van der Waals surface area contributed by atoms with E-state index in [9.17, 15) is 4.39 Å². The Labute approximate surface area is 94.8 Å². The molecule has 3 nitrogen and oxygen atoms in total. The second-order valence-electron chi connectivity index (χ2n) is 2.74. The molecular formula is C9H5Cl2FN2O. The van der Waals surface area contributed by atoms with Gasteiger partial charge in [-0.25, -0.2) is 4.39 Å².